The fraction of sp³-hybridized carbons (Fsp3) is 0.154. The third-order valence-corrected chi connectivity index (χ3v) is 2.29. The van der Waals surface area contributed by atoms with Gasteiger partial charge in [0.15, 0.2) is 11.6 Å². The minimum absolute atomic E-state index is 0.114. The molecule has 0 bridgehead atoms. The van der Waals surface area contributed by atoms with E-state index in [1.54, 1.807) is 31.2 Å². The summed E-state index contributed by atoms with van der Waals surface area (Å²) in [6, 6.07) is 9.36. The van der Waals surface area contributed by atoms with E-state index in [1.165, 1.54) is 18.3 Å². The molecule has 0 unspecified atom stereocenters. The van der Waals surface area contributed by atoms with E-state index in [2.05, 4.69) is 4.98 Å². The Balaban J connectivity index is 2.25. The van der Waals surface area contributed by atoms with Crippen LogP contribution in [0.4, 0.5) is 4.39 Å². The number of aliphatic hydroxyl groups is 1. The number of ether oxygens (including phenoxy) is 1. The van der Waals surface area contributed by atoms with Crippen molar-refractivity contribution in [1.82, 2.24) is 4.98 Å². The van der Waals surface area contributed by atoms with Crippen molar-refractivity contribution in [1.29, 1.82) is 0 Å². The molecule has 2 rings (SSSR count). The molecule has 0 radical (unpaired) electrons. The highest BCUT2D eigenvalue weighted by Gasteiger charge is 2.07. The average molecular weight is 233 g/mol. The van der Waals surface area contributed by atoms with E-state index in [0.717, 1.165) is 0 Å². The van der Waals surface area contributed by atoms with Gasteiger partial charge in [-0.25, -0.2) is 9.37 Å². The van der Waals surface area contributed by atoms with Crippen LogP contribution in [0.15, 0.2) is 42.6 Å². The number of aliphatic hydroxyl groups excluding tert-OH is 1. The van der Waals surface area contributed by atoms with Crippen LogP contribution in [0.1, 0.15) is 18.6 Å². The predicted octanol–water partition coefficient (Wildman–Crippen LogP) is 3.07. The van der Waals surface area contributed by atoms with E-state index in [-0.39, 0.29) is 11.6 Å². The first-order valence-corrected chi connectivity index (χ1v) is 5.23. The molecule has 0 spiro atoms. The smallest absolute Gasteiger partial charge is 0.219 e. The molecule has 0 saturated heterocycles. The van der Waals surface area contributed by atoms with E-state index in [4.69, 9.17) is 4.74 Å². The zero-order valence-corrected chi connectivity index (χ0v) is 9.30. The minimum atomic E-state index is -0.610. The van der Waals surface area contributed by atoms with Gasteiger partial charge in [-0.05, 0) is 30.7 Å². The van der Waals surface area contributed by atoms with E-state index in [1.807, 2.05) is 0 Å². The molecule has 0 aliphatic heterocycles. The van der Waals surface area contributed by atoms with Gasteiger partial charge < -0.3 is 9.84 Å². The molecule has 17 heavy (non-hydrogen) atoms. The Hall–Kier alpha value is -1.94. The highest BCUT2D eigenvalue weighted by Crippen LogP contribution is 2.24. The summed E-state index contributed by atoms with van der Waals surface area (Å²) in [4.78, 5) is 3.96. The Labute approximate surface area is 98.5 Å². The van der Waals surface area contributed by atoms with Crippen molar-refractivity contribution in [2.75, 3.05) is 0 Å². The molecule has 88 valence electrons. The quantitative estimate of drug-likeness (QED) is 0.885. The van der Waals surface area contributed by atoms with Gasteiger partial charge in [0.1, 0.15) is 0 Å². The summed E-state index contributed by atoms with van der Waals surface area (Å²) >= 11 is 0. The van der Waals surface area contributed by atoms with E-state index in [0.29, 0.717) is 5.56 Å². The first kappa shape index (κ1) is 11.5. The fourth-order valence-corrected chi connectivity index (χ4v) is 1.38. The third-order valence-electron chi connectivity index (χ3n) is 2.29. The van der Waals surface area contributed by atoms with Gasteiger partial charge in [-0.15, -0.1) is 0 Å². The first-order chi connectivity index (χ1) is 8.16. The molecule has 0 saturated carbocycles. The second-order valence-electron chi connectivity index (χ2n) is 3.64. The molecule has 0 fully saturated rings. The summed E-state index contributed by atoms with van der Waals surface area (Å²) in [5.74, 6) is -0.0759. The van der Waals surface area contributed by atoms with Crippen LogP contribution in [0.25, 0.3) is 0 Å². The van der Waals surface area contributed by atoms with Crippen LogP contribution < -0.4 is 4.74 Å². The van der Waals surface area contributed by atoms with Crippen molar-refractivity contribution in [2.24, 2.45) is 0 Å². The van der Waals surface area contributed by atoms with E-state index in [9.17, 15) is 9.50 Å². The van der Waals surface area contributed by atoms with E-state index >= 15 is 0 Å². The molecule has 1 atom stereocenters. The summed E-state index contributed by atoms with van der Waals surface area (Å²) in [6.07, 6.45) is 0.902. The highest BCUT2D eigenvalue weighted by atomic mass is 19.1. The van der Waals surface area contributed by atoms with Gasteiger partial charge in [-0.1, -0.05) is 12.1 Å². The first-order valence-electron chi connectivity index (χ1n) is 5.23. The predicted molar refractivity (Wildman–Crippen MR) is 61.3 cm³/mol. The van der Waals surface area contributed by atoms with Crippen molar-refractivity contribution in [3.8, 4) is 11.6 Å². The number of benzene rings is 1. The molecule has 2 aromatic rings. The SMILES string of the molecule is C[C@@H](O)c1ccnc(Oc2ccccc2F)c1. The Morgan fingerprint density at radius 1 is 1.29 bits per heavy atom. The van der Waals surface area contributed by atoms with Crippen LogP contribution in [-0.2, 0) is 0 Å². The van der Waals surface area contributed by atoms with Crippen LogP contribution in [-0.4, -0.2) is 10.1 Å². The Morgan fingerprint density at radius 3 is 2.76 bits per heavy atom. The maximum absolute atomic E-state index is 13.3. The van der Waals surface area contributed by atoms with Gasteiger partial charge in [0, 0.05) is 12.3 Å². The molecule has 1 aromatic carbocycles. The molecule has 1 aromatic heterocycles. The van der Waals surface area contributed by atoms with Crippen LogP contribution >= 0.6 is 0 Å². The topological polar surface area (TPSA) is 42.4 Å². The number of aromatic nitrogens is 1. The van der Waals surface area contributed by atoms with Crippen LogP contribution in [0, 0.1) is 5.82 Å². The number of nitrogens with zero attached hydrogens (tertiary/aromatic N) is 1. The van der Waals surface area contributed by atoms with Gasteiger partial charge in [-0.2, -0.15) is 0 Å². The summed E-state index contributed by atoms with van der Waals surface area (Å²) in [5, 5.41) is 9.41. The molecule has 3 nitrogen and oxygen atoms in total. The highest BCUT2D eigenvalue weighted by molar-refractivity contribution is 5.30. The summed E-state index contributed by atoms with van der Waals surface area (Å²) in [7, 11) is 0. The lowest BCUT2D eigenvalue weighted by Crippen LogP contribution is -1.95. The van der Waals surface area contributed by atoms with Crippen molar-refractivity contribution in [3.05, 3.63) is 54.0 Å². The maximum atomic E-state index is 13.3. The van der Waals surface area contributed by atoms with Crippen LogP contribution in [0.5, 0.6) is 11.6 Å². The Bertz CT molecular complexity index is 514. The number of para-hydroxylation sites is 1. The third kappa shape index (κ3) is 2.79. The summed E-state index contributed by atoms with van der Waals surface area (Å²) < 4.78 is 18.6. The van der Waals surface area contributed by atoms with Crippen molar-refractivity contribution in [2.45, 2.75) is 13.0 Å². The zero-order chi connectivity index (χ0) is 12.3. The second-order valence-corrected chi connectivity index (χ2v) is 3.64. The van der Waals surface area contributed by atoms with Gasteiger partial charge in [0.2, 0.25) is 5.88 Å². The van der Waals surface area contributed by atoms with Crippen molar-refractivity contribution in [3.63, 3.8) is 0 Å². The van der Waals surface area contributed by atoms with Gasteiger partial charge in [0.25, 0.3) is 0 Å². The lowest BCUT2D eigenvalue weighted by molar-refractivity contribution is 0.198. The van der Waals surface area contributed by atoms with Gasteiger partial charge >= 0.3 is 0 Å². The maximum Gasteiger partial charge on any atom is 0.219 e. The number of pyridine rings is 1. The van der Waals surface area contributed by atoms with Crippen molar-refractivity contribution < 1.29 is 14.2 Å². The molecular weight excluding hydrogens is 221 g/mol. The standard InChI is InChI=1S/C13H12FNO2/c1-9(16)10-6-7-15-13(8-10)17-12-5-3-2-4-11(12)14/h2-9,16H,1H3/t9-/m1/s1. The lowest BCUT2D eigenvalue weighted by Gasteiger charge is -2.08. The number of halogens is 1. The largest absolute Gasteiger partial charge is 0.436 e. The molecule has 0 amide bonds. The molecule has 1 heterocycles. The monoisotopic (exact) mass is 233 g/mol. The fourth-order valence-electron chi connectivity index (χ4n) is 1.38. The van der Waals surface area contributed by atoms with Gasteiger partial charge in [-0.3, -0.25) is 0 Å². The number of hydrogen-bond acceptors (Lipinski definition) is 3. The normalized spacial score (nSPS) is 12.2. The molecule has 1 N–H and O–H groups in total. The van der Waals surface area contributed by atoms with Crippen molar-refractivity contribution >= 4 is 0 Å². The summed E-state index contributed by atoms with van der Waals surface area (Å²) in [5.41, 5.74) is 0.673. The number of hydrogen-bond donors (Lipinski definition) is 1. The lowest BCUT2D eigenvalue weighted by atomic mass is 10.2. The minimum Gasteiger partial charge on any atom is -0.436 e. The van der Waals surface area contributed by atoms with E-state index < -0.39 is 11.9 Å². The average Bonchev–Trinajstić information content (AvgIpc) is 2.32. The van der Waals surface area contributed by atoms with Gasteiger partial charge in [0.05, 0.1) is 6.10 Å². The zero-order valence-electron chi connectivity index (χ0n) is 9.30. The molecule has 0 aliphatic carbocycles. The molecule has 4 heteroatoms. The second kappa shape index (κ2) is 4.93. The Kier molecular flexibility index (Phi) is 3.35. The van der Waals surface area contributed by atoms with Crippen LogP contribution in [0.2, 0.25) is 0 Å². The molecular formula is C13H12FNO2. The number of rotatable bonds is 3. The van der Waals surface area contributed by atoms with Crippen LogP contribution in [0.3, 0.4) is 0 Å². The summed E-state index contributed by atoms with van der Waals surface area (Å²) in [6.45, 7) is 1.64. The molecule has 0 aliphatic rings. The Morgan fingerprint density at radius 2 is 2.06 bits per heavy atom.